The topological polar surface area (TPSA) is 41.1 Å². The second-order valence-electron chi connectivity index (χ2n) is 4.93. The van der Waals surface area contributed by atoms with Crippen molar-refractivity contribution in [2.24, 2.45) is 5.41 Å². The van der Waals surface area contributed by atoms with Crippen LogP contribution in [0.15, 0.2) is 22.7 Å². The zero-order valence-electron chi connectivity index (χ0n) is 10.9. The van der Waals surface area contributed by atoms with Gasteiger partial charge in [0.25, 0.3) is 0 Å². The Balaban J connectivity index is 2.12. The van der Waals surface area contributed by atoms with Crippen LogP contribution in [0.2, 0.25) is 0 Å². The Bertz CT molecular complexity index is 541. The Morgan fingerprint density at radius 1 is 1.43 bits per heavy atom. The first-order chi connectivity index (χ1) is 9.76. The molecule has 1 amide bonds. The van der Waals surface area contributed by atoms with Crippen LogP contribution < -0.4 is 10.6 Å². The van der Waals surface area contributed by atoms with E-state index in [2.05, 4.69) is 26.6 Å². The number of carbonyl (C=O) groups excluding carboxylic acids is 1. The summed E-state index contributed by atoms with van der Waals surface area (Å²) in [6.07, 6.45) is -4.96. The van der Waals surface area contributed by atoms with E-state index in [4.69, 9.17) is 0 Å². The summed E-state index contributed by atoms with van der Waals surface area (Å²) in [5.41, 5.74) is -2.31. The maximum Gasteiger partial charge on any atom is 0.404 e. The normalized spacial score (nSPS) is 22.3. The van der Waals surface area contributed by atoms with Gasteiger partial charge in [-0.1, -0.05) is 15.9 Å². The fraction of sp³-hybridized carbons (Fsp3) is 0.462. The number of rotatable bonds is 3. The highest BCUT2D eigenvalue weighted by molar-refractivity contribution is 9.10. The number of benzene rings is 1. The van der Waals surface area contributed by atoms with Crippen molar-refractivity contribution in [3.63, 3.8) is 0 Å². The second kappa shape index (κ2) is 5.92. The maximum atomic E-state index is 13.5. The van der Waals surface area contributed by atoms with E-state index in [9.17, 15) is 22.4 Å². The molecule has 3 nitrogen and oxygen atoms in total. The van der Waals surface area contributed by atoms with Crippen molar-refractivity contribution in [1.82, 2.24) is 10.6 Å². The lowest BCUT2D eigenvalue weighted by molar-refractivity contribution is -0.216. The number of carbonyl (C=O) groups is 1. The van der Waals surface area contributed by atoms with Crippen LogP contribution in [0.4, 0.5) is 17.6 Å². The average molecular weight is 369 g/mol. The molecule has 0 spiro atoms. The van der Waals surface area contributed by atoms with E-state index >= 15 is 0 Å². The van der Waals surface area contributed by atoms with Crippen LogP contribution in [-0.2, 0) is 11.3 Å². The lowest BCUT2D eigenvalue weighted by atomic mass is 9.85. The van der Waals surface area contributed by atoms with Gasteiger partial charge in [0, 0.05) is 23.1 Å². The van der Waals surface area contributed by atoms with E-state index in [-0.39, 0.29) is 25.1 Å². The molecule has 1 unspecified atom stereocenters. The molecule has 21 heavy (non-hydrogen) atoms. The minimum absolute atomic E-state index is 0.123. The third-order valence-electron chi connectivity index (χ3n) is 3.58. The molecule has 1 aromatic rings. The molecule has 1 saturated heterocycles. The van der Waals surface area contributed by atoms with Crippen LogP contribution >= 0.6 is 15.9 Å². The molecule has 1 aromatic carbocycles. The zero-order valence-corrected chi connectivity index (χ0v) is 12.4. The van der Waals surface area contributed by atoms with Gasteiger partial charge in [0.05, 0.1) is 0 Å². The maximum absolute atomic E-state index is 13.5. The van der Waals surface area contributed by atoms with Crippen molar-refractivity contribution in [3.8, 4) is 0 Å². The second-order valence-corrected chi connectivity index (χ2v) is 5.84. The minimum Gasteiger partial charge on any atom is -0.351 e. The highest BCUT2D eigenvalue weighted by atomic mass is 79.9. The monoisotopic (exact) mass is 368 g/mol. The van der Waals surface area contributed by atoms with Gasteiger partial charge in [0.2, 0.25) is 5.91 Å². The molecule has 2 rings (SSSR count). The molecule has 8 heteroatoms. The first-order valence-electron chi connectivity index (χ1n) is 6.26. The van der Waals surface area contributed by atoms with Gasteiger partial charge >= 0.3 is 6.18 Å². The van der Waals surface area contributed by atoms with E-state index < -0.39 is 29.9 Å². The quantitative estimate of drug-likeness (QED) is 0.805. The first kappa shape index (κ1) is 16.2. The zero-order chi connectivity index (χ0) is 15.7. The summed E-state index contributed by atoms with van der Waals surface area (Å²) in [5, 5.41) is 4.75. The minimum atomic E-state index is -4.64. The molecule has 1 aliphatic heterocycles. The van der Waals surface area contributed by atoms with Crippen molar-refractivity contribution in [3.05, 3.63) is 34.1 Å². The largest absolute Gasteiger partial charge is 0.404 e. The van der Waals surface area contributed by atoms with Crippen LogP contribution in [0, 0.1) is 11.2 Å². The summed E-state index contributed by atoms with van der Waals surface area (Å²) in [6, 6.07) is 4.07. The highest BCUT2D eigenvalue weighted by Gasteiger charge is 2.61. The predicted octanol–water partition coefficient (Wildman–Crippen LogP) is 2.75. The van der Waals surface area contributed by atoms with Crippen molar-refractivity contribution >= 4 is 21.8 Å². The SMILES string of the molecule is O=C(NCc1cc(Br)ccc1F)C1(C(F)(F)F)CCNC1. The number of alkyl halides is 3. The highest BCUT2D eigenvalue weighted by Crippen LogP contribution is 2.43. The third-order valence-corrected chi connectivity index (χ3v) is 4.07. The van der Waals surface area contributed by atoms with Gasteiger partial charge in [0.1, 0.15) is 5.82 Å². The third kappa shape index (κ3) is 3.21. The molecule has 0 aliphatic carbocycles. The smallest absolute Gasteiger partial charge is 0.351 e. The van der Waals surface area contributed by atoms with Crippen LogP contribution in [0.1, 0.15) is 12.0 Å². The molecule has 1 aliphatic rings. The van der Waals surface area contributed by atoms with Crippen LogP contribution in [0.3, 0.4) is 0 Å². The van der Waals surface area contributed by atoms with E-state index in [1.807, 2.05) is 0 Å². The molecule has 1 fully saturated rings. The van der Waals surface area contributed by atoms with Gasteiger partial charge < -0.3 is 10.6 Å². The Labute approximate surface area is 127 Å². The van der Waals surface area contributed by atoms with E-state index in [1.54, 1.807) is 0 Å². The number of nitrogens with one attached hydrogen (secondary N) is 2. The van der Waals surface area contributed by atoms with Gasteiger partial charge in [-0.05, 0) is 31.2 Å². The molecular formula is C13H13BrF4N2O. The summed E-state index contributed by atoms with van der Waals surface area (Å²) in [5.74, 6) is -1.71. The van der Waals surface area contributed by atoms with Crippen molar-refractivity contribution in [1.29, 1.82) is 0 Å². The Morgan fingerprint density at radius 3 is 2.71 bits per heavy atom. The molecule has 1 atom stereocenters. The van der Waals surface area contributed by atoms with Gasteiger partial charge in [-0.2, -0.15) is 13.2 Å². The summed E-state index contributed by atoms with van der Waals surface area (Å²) in [4.78, 5) is 12.0. The van der Waals surface area contributed by atoms with E-state index in [0.29, 0.717) is 4.47 Å². The van der Waals surface area contributed by atoms with Crippen molar-refractivity contribution in [2.75, 3.05) is 13.1 Å². The summed E-state index contributed by atoms with van der Waals surface area (Å²) in [7, 11) is 0. The molecule has 0 saturated carbocycles. The standard InChI is InChI=1S/C13H13BrF4N2O/c14-9-1-2-10(15)8(5-9)6-20-11(21)12(13(16,17)18)3-4-19-7-12/h1-2,5,19H,3-4,6-7H2,(H,20,21). The molecule has 0 radical (unpaired) electrons. The molecule has 0 aromatic heterocycles. The number of hydrogen-bond donors (Lipinski definition) is 2. The fourth-order valence-electron chi connectivity index (χ4n) is 2.28. The van der Waals surface area contributed by atoms with Crippen molar-refractivity contribution in [2.45, 2.75) is 19.1 Å². The van der Waals surface area contributed by atoms with E-state index in [0.717, 1.165) is 0 Å². The fourth-order valence-corrected chi connectivity index (χ4v) is 2.69. The molecule has 1 heterocycles. The summed E-state index contributed by atoms with van der Waals surface area (Å²) >= 11 is 3.14. The van der Waals surface area contributed by atoms with Gasteiger partial charge in [-0.3, -0.25) is 4.79 Å². The molecular weight excluding hydrogens is 356 g/mol. The summed E-state index contributed by atoms with van der Waals surface area (Å²) < 4.78 is 53.6. The number of hydrogen-bond acceptors (Lipinski definition) is 2. The number of amides is 1. The number of halogens is 5. The van der Waals surface area contributed by atoms with Crippen LogP contribution in [-0.4, -0.2) is 25.2 Å². The van der Waals surface area contributed by atoms with Crippen molar-refractivity contribution < 1.29 is 22.4 Å². The van der Waals surface area contributed by atoms with Gasteiger partial charge in [-0.25, -0.2) is 4.39 Å². The lowest BCUT2D eigenvalue weighted by Crippen LogP contribution is -2.52. The van der Waals surface area contributed by atoms with Gasteiger partial charge in [-0.15, -0.1) is 0 Å². The lowest BCUT2D eigenvalue weighted by Gasteiger charge is -2.29. The average Bonchev–Trinajstić information content (AvgIpc) is 2.89. The van der Waals surface area contributed by atoms with Crippen LogP contribution in [0.25, 0.3) is 0 Å². The molecule has 0 bridgehead atoms. The van der Waals surface area contributed by atoms with Gasteiger partial charge in [0.15, 0.2) is 5.41 Å². The Morgan fingerprint density at radius 2 is 2.14 bits per heavy atom. The van der Waals surface area contributed by atoms with Crippen LogP contribution in [0.5, 0.6) is 0 Å². The Kier molecular flexibility index (Phi) is 4.57. The summed E-state index contributed by atoms with van der Waals surface area (Å²) in [6.45, 7) is -0.622. The first-order valence-corrected chi connectivity index (χ1v) is 7.05. The van der Waals surface area contributed by atoms with E-state index in [1.165, 1.54) is 18.2 Å². The Hall–Kier alpha value is -1.15. The molecule has 116 valence electrons. The molecule has 2 N–H and O–H groups in total. The predicted molar refractivity (Wildman–Crippen MR) is 71.9 cm³/mol.